The molecule has 0 spiro atoms. The van der Waals surface area contributed by atoms with E-state index >= 15 is 0 Å². The van der Waals surface area contributed by atoms with Crippen molar-refractivity contribution in [2.75, 3.05) is 0 Å². The highest BCUT2D eigenvalue weighted by Gasteiger charge is 2.21. The van der Waals surface area contributed by atoms with E-state index in [1.165, 1.54) is 0 Å². The third kappa shape index (κ3) is 2.01. The quantitative estimate of drug-likeness (QED) is 0.564. The molecule has 2 heterocycles. The van der Waals surface area contributed by atoms with E-state index in [0.29, 0.717) is 10.8 Å². The summed E-state index contributed by atoms with van der Waals surface area (Å²) >= 11 is 6.30. The molecule has 102 valence electrons. The van der Waals surface area contributed by atoms with Crippen molar-refractivity contribution in [3.05, 3.63) is 53.2 Å². The van der Waals surface area contributed by atoms with Crippen LogP contribution in [0.4, 0.5) is 0 Å². The standard InChI is InChI=1S/C17H16ClNO/c1-2-3-7-12-14-9-4-5-11-19(14)15-10-6-8-13(18)16(15)17(12)20/h4-6,8-11H,2-3,7H2,1H3/p+1. The molecule has 0 fully saturated rings. The van der Waals surface area contributed by atoms with Crippen molar-refractivity contribution in [1.82, 2.24) is 0 Å². The van der Waals surface area contributed by atoms with E-state index < -0.39 is 0 Å². The lowest BCUT2D eigenvalue weighted by atomic mass is 10.0. The maximum atomic E-state index is 10.7. The Bertz CT molecular complexity index is 783. The van der Waals surface area contributed by atoms with Crippen molar-refractivity contribution in [3.8, 4) is 5.75 Å². The predicted octanol–water partition coefficient (Wildman–Crippen LogP) is 4.28. The van der Waals surface area contributed by atoms with Gasteiger partial charge >= 0.3 is 0 Å². The first-order valence-electron chi connectivity index (χ1n) is 6.96. The monoisotopic (exact) mass is 286 g/mol. The van der Waals surface area contributed by atoms with Gasteiger partial charge < -0.3 is 5.11 Å². The normalized spacial score (nSPS) is 11.3. The van der Waals surface area contributed by atoms with Crippen LogP contribution in [0.5, 0.6) is 5.75 Å². The van der Waals surface area contributed by atoms with Gasteiger partial charge in [-0.05, 0) is 25.0 Å². The van der Waals surface area contributed by atoms with Crippen LogP contribution in [-0.4, -0.2) is 5.11 Å². The topological polar surface area (TPSA) is 24.3 Å². The summed E-state index contributed by atoms with van der Waals surface area (Å²) in [6.45, 7) is 2.15. The fourth-order valence-electron chi connectivity index (χ4n) is 2.72. The molecule has 1 aromatic carbocycles. The molecule has 0 bridgehead atoms. The molecule has 3 rings (SSSR count). The minimum Gasteiger partial charge on any atom is -0.506 e. The Kier molecular flexibility index (Phi) is 3.49. The van der Waals surface area contributed by atoms with Gasteiger partial charge in [0.15, 0.2) is 6.20 Å². The van der Waals surface area contributed by atoms with Gasteiger partial charge in [-0.25, -0.2) is 0 Å². The number of halogens is 1. The third-order valence-electron chi connectivity index (χ3n) is 3.72. The number of aromatic hydroxyl groups is 1. The van der Waals surface area contributed by atoms with Crippen LogP contribution >= 0.6 is 11.6 Å². The number of unbranched alkanes of at least 4 members (excludes halogenated alkanes) is 1. The zero-order valence-corrected chi connectivity index (χ0v) is 12.2. The fourth-order valence-corrected chi connectivity index (χ4v) is 2.98. The SMILES string of the molecule is CCCCc1c(O)c2c(Cl)cccc2[n+]2ccccc12. The minimum atomic E-state index is 0.324. The van der Waals surface area contributed by atoms with E-state index in [-0.39, 0.29) is 0 Å². The molecule has 0 saturated heterocycles. The van der Waals surface area contributed by atoms with E-state index in [1.54, 1.807) is 0 Å². The molecule has 0 aliphatic carbocycles. The van der Waals surface area contributed by atoms with Gasteiger partial charge in [-0.15, -0.1) is 0 Å². The van der Waals surface area contributed by atoms with Gasteiger partial charge in [0.05, 0.1) is 10.6 Å². The predicted molar refractivity (Wildman–Crippen MR) is 82.4 cm³/mol. The molecule has 0 atom stereocenters. The fraction of sp³-hybridized carbons (Fsp3) is 0.235. The van der Waals surface area contributed by atoms with Gasteiger partial charge in [0, 0.05) is 18.2 Å². The minimum absolute atomic E-state index is 0.324. The second-order valence-electron chi connectivity index (χ2n) is 5.02. The first-order chi connectivity index (χ1) is 9.74. The molecule has 0 unspecified atom stereocenters. The Hall–Kier alpha value is -1.80. The lowest BCUT2D eigenvalue weighted by Gasteiger charge is -2.08. The van der Waals surface area contributed by atoms with E-state index in [9.17, 15) is 5.11 Å². The van der Waals surface area contributed by atoms with Crippen molar-refractivity contribution in [3.63, 3.8) is 0 Å². The highest BCUT2D eigenvalue weighted by atomic mass is 35.5. The number of aryl methyl sites for hydroxylation is 1. The molecular formula is C17H17ClNO+. The molecule has 0 radical (unpaired) electrons. The molecule has 0 aliphatic rings. The van der Waals surface area contributed by atoms with Crippen LogP contribution in [0.3, 0.4) is 0 Å². The number of fused-ring (bicyclic) bond motifs is 3. The van der Waals surface area contributed by atoms with E-state index in [0.717, 1.165) is 41.2 Å². The van der Waals surface area contributed by atoms with Gasteiger partial charge in [-0.1, -0.05) is 31.0 Å². The molecule has 2 nitrogen and oxygen atoms in total. The number of hydrogen-bond acceptors (Lipinski definition) is 1. The third-order valence-corrected chi connectivity index (χ3v) is 4.04. The average Bonchev–Trinajstić information content (AvgIpc) is 2.47. The zero-order valence-electron chi connectivity index (χ0n) is 11.4. The lowest BCUT2D eigenvalue weighted by Crippen LogP contribution is -2.24. The number of benzene rings is 1. The van der Waals surface area contributed by atoms with Gasteiger partial charge in [0.1, 0.15) is 11.1 Å². The summed E-state index contributed by atoms with van der Waals surface area (Å²) in [4.78, 5) is 0. The Balaban J connectivity index is 2.45. The Labute approximate surface area is 123 Å². The second kappa shape index (κ2) is 5.29. The molecule has 2 aromatic heterocycles. The van der Waals surface area contributed by atoms with Crippen LogP contribution in [0.1, 0.15) is 25.3 Å². The largest absolute Gasteiger partial charge is 0.506 e. The van der Waals surface area contributed by atoms with Crippen molar-refractivity contribution in [2.45, 2.75) is 26.2 Å². The highest BCUT2D eigenvalue weighted by molar-refractivity contribution is 6.35. The summed E-state index contributed by atoms with van der Waals surface area (Å²) in [6.07, 6.45) is 5.02. The van der Waals surface area contributed by atoms with Gasteiger partial charge in [0.25, 0.3) is 0 Å². The molecule has 3 heteroatoms. The Morgan fingerprint density at radius 3 is 2.70 bits per heavy atom. The molecular weight excluding hydrogens is 270 g/mol. The average molecular weight is 287 g/mol. The zero-order chi connectivity index (χ0) is 14.1. The summed E-state index contributed by atoms with van der Waals surface area (Å²) in [5.74, 6) is 0.324. The highest BCUT2D eigenvalue weighted by Crippen LogP contribution is 2.34. The smallest absolute Gasteiger partial charge is 0.223 e. The number of aromatic nitrogens is 1. The van der Waals surface area contributed by atoms with Crippen molar-refractivity contribution in [1.29, 1.82) is 0 Å². The molecule has 0 saturated carbocycles. The van der Waals surface area contributed by atoms with E-state index in [2.05, 4.69) is 11.3 Å². The molecule has 1 N–H and O–H groups in total. The van der Waals surface area contributed by atoms with E-state index in [4.69, 9.17) is 11.6 Å². The van der Waals surface area contributed by atoms with Gasteiger partial charge in [-0.3, -0.25) is 0 Å². The molecule has 20 heavy (non-hydrogen) atoms. The van der Waals surface area contributed by atoms with Crippen LogP contribution in [0.2, 0.25) is 5.02 Å². The van der Waals surface area contributed by atoms with Crippen LogP contribution in [0, 0.1) is 0 Å². The molecule has 0 aliphatic heterocycles. The van der Waals surface area contributed by atoms with Crippen molar-refractivity contribution in [2.24, 2.45) is 0 Å². The summed E-state index contributed by atoms with van der Waals surface area (Å²) in [5, 5.41) is 12.0. The molecule has 0 amide bonds. The number of nitrogens with zero attached hydrogens (tertiary/aromatic N) is 1. The first kappa shape index (κ1) is 13.2. The number of pyridine rings is 2. The van der Waals surface area contributed by atoms with Gasteiger partial charge in [-0.2, -0.15) is 4.40 Å². The second-order valence-corrected chi connectivity index (χ2v) is 5.43. The summed E-state index contributed by atoms with van der Waals surface area (Å²) < 4.78 is 2.10. The number of rotatable bonds is 3. The lowest BCUT2D eigenvalue weighted by molar-refractivity contribution is -0.482. The molecule has 3 aromatic rings. The Morgan fingerprint density at radius 1 is 1.10 bits per heavy atom. The maximum Gasteiger partial charge on any atom is 0.223 e. The van der Waals surface area contributed by atoms with Crippen molar-refractivity contribution < 1.29 is 9.51 Å². The van der Waals surface area contributed by atoms with Crippen LogP contribution in [0.25, 0.3) is 16.4 Å². The van der Waals surface area contributed by atoms with Crippen molar-refractivity contribution >= 4 is 28.0 Å². The van der Waals surface area contributed by atoms with E-state index in [1.807, 2.05) is 42.6 Å². The van der Waals surface area contributed by atoms with Crippen LogP contribution in [0.15, 0.2) is 42.6 Å². The first-order valence-corrected chi connectivity index (χ1v) is 7.34. The summed E-state index contributed by atoms with van der Waals surface area (Å²) in [5.41, 5.74) is 2.96. The van der Waals surface area contributed by atoms with Gasteiger partial charge in [0.2, 0.25) is 11.0 Å². The Morgan fingerprint density at radius 2 is 1.90 bits per heavy atom. The summed E-state index contributed by atoms with van der Waals surface area (Å²) in [6, 6.07) is 11.8. The maximum absolute atomic E-state index is 10.7. The summed E-state index contributed by atoms with van der Waals surface area (Å²) in [7, 11) is 0. The number of hydrogen-bond donors (Lipinski definition) is 1. The van der Waals surface area contributed by atoms with Crippen LogP contribution in [-0.2, 0) is 6.42 Å². The van der Waals surface area contributed by atoms with Crippen LogP contribution < -0.4 is 4.40 Å².